The molecule has 1 atom stereocenters. The van der Waals surface area contributed by atoms with Crippen LogP contribution in [0.15, 0.2) is 28.7 Å². The van der Waals surface area contributed by atoms with Crippen LogP contribution in [-0.2, 0) is 19.4 Å². The molecule has 4 nitrogen and oxygen atoms in total. The summed E-state index contributed by atoms with van der Waals surface area (Å²) in [6, 6.07) is 8.17. The number of nitrogens with zero attached hydrogens (tertiary/aromatic N) is 3. The van der Waals surface area contributed by atoms with E-state index in [0.29, 0.717) is 6.54 Å². The zero-order valence-electron chi connectivity index (χ0n) is 9.88. The van der Waals surface area contributed by atoms with Crippen molar-refractivity contribution in [2.45, 2.75) is 31.9 Å². The van der Waals surface area contributed by atoms with E-state index in [-0.39, 0.29) is 6.10 Å². The van der Waals surface area contributed by atoms with Gasteiger partial charge in [-0.3, -0.25) is 0 Å². The quantitative estimate of drug-likeness (QED) is 0.922. The number of hydrogen-bond donors (Lipinski definition) is 1. The van der Waals surface area contributed by atoms with E-state index in [2.05, 4.69) is 38.1 Å². The van der Waals surface area contributed by atoms with Gasteiger partial charge in [0.2, 0.25) is 0 Å². The topological polar surface area (TPSA) is 50.9 Å². The lowest BCUT2D eigenvalue weighted by Gasteiger charge is -2.16. The number of halogens is 1. The van der Waals surface area contributed by atoms with Crippen LogP contribution >= 0.6 is 15.9 Å². The second kappa shape index (κ2) is 4.82. The summed E-state index contributed by atoms with van der Waals surface area (Å²) < 4.78 is 2.90. The molecule has 0 saturated carbocycles. The fourth-order valence-electron chi connectivity index (χ4n) is 2.25. The van der Waals surface area contributed by atoms with Gasteiger partial charge in [0.15, 0.2) is 5.82 Å². The van der Waals surface area contributed by atoms with Gasteiger partial charge in [-0.2, -0.15) is 5.10 Å². The van der Waals surface area contributed by atoms with E-state index < -0.39 is 0 Å². The molecule has 0 fully saturated rings. The molecule has 3 rings (SSSR count). The molecule has 1 N–H and O–H groups in total. The molecule has 0 radical (unpaired) electrons. The van der Waals surface area contributed by atoms with Crippen molar-refractivity contribution in [3.05, 3.63) is 46.0 Å². The highest BCUT2D eigenvalue weighted by Gasteiger charge is 2.19. The van der Waals surface area contributed by atoms with Gasteiger partial charge >= 0.3 is 0 Å². The molecule has 2 aromatic rings. The maximum atomic E-state index is 9.60. The Morgan fingerprint density at radius 3 is 3.17 bits per heavy atom. The molecular weight excluding hydrogens is 294 g/mol. The van der Waals surface area contributed by atoms with Gasteiger partial charge in [0, 0.05) is 17.3 Å². The van der Waals surface area contributed by atoms with E-state index >= 15 is 0 Å². The maximum Gasteiger partial charge on any atom is 0.155 e. The molecule has 18 heavy (non-hydrogen) atoms. The van der Waals surface area contributed by atoms with E-state index in [1.54, 1.807) is 0 Å². The Labute approximate surface area is 114 Å². The van der Waals surface area contributed by atoms with Crippen LogP contribution in [-0.4, -0.2) is 26.0 Å². The normalized spacial score (nSPS) is 18.7. The summed E-state index contributed by atoms with van der Waals surface area (Å²) in [5.41, 5.74) is 1.19. The van der Waals surface area contributed by atoms with Crippen molar-refractivity contribution in [3.8, 4) is 0 Å². The largest absolute Gasteiger partial charge is 0.391 e. The summed E-state index contributed by atoms with van der Waals surface area (Å²) in [5.74, 6) is 1.82. The van der Waals surface area contributed by atoms with Crippen LogP contribution in [0.2, 0.25) is 0 Å². The fourth-order valence-corrected chi connectivity index (χ4v) is 2.69. The van der Waals surface area contributed by atoms with Gasteiger partial charge in [-0.25, -0.2) is 9.67 Å². The van der Waals surface area contributed by atoms with Crippen LogP contribution in [0, 0.1) is 0 Å². The minimum Gasteiger partial charge on any atom is -0.391 e. The molecule has 2 heterocycles. The lowest BCUT2D eigenvalue weighted by atomic mass is 10.1. The zero-order valence-corrected chi connectivity index (χ0v) is 11.5. The van der Waals surface area contributed by atoms with Crippen LogP contribution in [0.3, 0.4) is 0 Å². The van der Waals surface area contributed by atoms with Crippen molar-refractivity contribution in [2.75, 3.05) is 0 Å². The fraction of sp³-hybridized carbons (Fsp3) is 0.385. The smallest absolute Gasteiger partial charge is 0.155 e. The molecule has 0 aliphatic carbocycles. The molecule has 1 aromatic heterocycles. The van der Waals surface area contributed by atoms with E-state index in [1.807, 2.05) is 16.8 Å². The number of hydrogen-bond acceptors (Lipinski definition) is 3. The first-order chi connectivity index (χ1) is 8.70. The number of aromatic nitrogens is 3. The zero-order chi connectivity index (χ0) is 12.5. The molecule has 0 amide bonds. The van der Waals surface area contributed by atoms with Gasteiger partial charge in [-0.15, -0.1) is 0 Å². The van der Waals surface area contributed by atoms with Crippen molar-refractivity contribution in [1.29, 1.82) is 0 Å². The standard InChI is InChI=1S/C13H14BrN3O/c14-10-3-1-2-9(6-10)7-12-15-13-5-4-11(18)8-17(13)16-12/h1-3,6,11,18H,4-5,7-8H2. The maximum absolute atomic E-state index is 9.60. The number of fused-ring (bicyclic) bond motifs is 1. The van der Waals surface area contributed by atoms with E-state index in [0.717, 1.165) is 35.4 Å². The van der Waals surface area contributed by atoms with Crippen molar-refractivity contribution >= 4 is 15.9 Å². The van der Waals surface area contributed by atoms with E-state index in [4.69, 9.17) is 0 Å². The minimum atomic E-state index is -0.280. The van der Waals surface area contributed by atoms with Crippen LogP contribution < -0.4 is 0 Å². The lowest BCUT2D eigenvalue weighted by Crippen LogP contribution is -2.25. The number of aryl methyl sites for hydroxylation is 1. The second-order valence-electron chi connectivity index (χ2n) is 4.63. The predicted octanol–water partition coefficient (Wildman–Crippen LogP) is 1.94. The number of aliphatic hydroxyl groups is 1. The average molecular weight is 308 g/mol. The third kappa shape index (κ3) is 2.47. The summed E-state index contributed by atoms with van der Waals surface area (Å²) in [7, 11) is 0. The van der Waals surface area contributed by atoms with E-state index in [9.17, 15) is 5.11 Å². The average Bonchev–Trinajstić information content (AvgIpc) is 2.70. The molecule has 94 valence electrons. The Balaban J connectivity index is 1.82. The molecular formula is C13H14BrN3O. The molecule has 0 spiro atoms. The first-order valence-corrected chi connectivity index (χ1v) is 6.85. The predicted molar refractivity (Wildman–Crippen MR) is 71.3 cm³/mol. The Kier molecular flexibility index (Phi) is 3.18. The van der Waals surface area contributed by atoms with Crippen molar-refractivity contribution in [1.82, 2.24) is 14.8 Å². The van der Waals surface area contributed by atoms with Crippen molar-refractivity contribution < 1.29 is 5.11 Å². The molecule has 1 aliphatic heterocycles. The Morgan fingerprint density at radius 2 is 2.33 bits per heavy atom. The van der Waals surface area contributed by atoms with Gasteiger partial charge in [-0.05, 0) is 24.1 Å². The Morgan fingerprint density at radius 1 is 1.44 bits per heavy atom. The summed E-state index contributed by atoms with van der Waals surface area (Å²) >= 11 is 3.46. The van der Waals surface area contributed by atoms with Crippen molar-refractivity contribution in [3.63, 3.8) is 0 Å². The van der Waals surface area contributed by atoms with Gasteiger partial charge in [0.05, 0.1) is 12.6 Å². The SMILES string of the molecule is OC1CCc2nc(Cc3cccc(Br)c3)nn2C1. The Hall–Kier alpha value is -1.20. The highest BCUT2D eigenvalue weighted by molar-refractivity contribution is 9.10. The van der Waals surface area contributed by atoms with Crippen LogP contribution in [0.1, 0.15) is 23.6 Å². The van der Waals surface area contributed by atoms with Crippen molar-refractivity contribution in [2.24, 2.45) is 0 Å². The number of rotatable bonds is 2. The van der Waals surface area contributed by atoms with Crippen LogP contribution in [0.4, 0.5) is 0 Å². The summed E-state index contributed by atoms with van der Waals surface area (Å²) in [6.45, 7) is 0.570. The summed E-state index contributed by atoms with van der Waals surface area (Å²) in [4.78, 5) is 4.54. The molecule has 0 saturated heterocycles. The van der Waals surface area contributed by atoms with Gasteiger partial charge in [0.1, 0.15) is 5.82 Å². The molecule has 1 unspecified atom stereocenters. The van der Waals surface area contributed by atoms with Gasteiger partial charge in [-0.1, -0.05) is 28.1 Å². The number of benzene rings is 1. The van der Waals surface area contributed by atoms with Gasteiger partial charge < -0.3 is 5.11 Å². The molecule has 1 aromatic carbocycles. The summed E-state index contributed by atoms with van der Waals surface area (Å²) in [6.07, 6.45) is 2.05. The number of aliphatic hydroxyl groups excluding tert-OH is 1. The monoisotopic (exact) mass is 307 g/mol. The lowest BCUT2D eigenvalue weighted by molar-refractivity contribution is 0.124. The first-order valence-electron chi connectivity index (χ1n) is 6.06. The van der Waals surface area contributed by atoms with Crippen LogP contribution in [0.25, 0.3) is 0 Å². The molecule has 0 bridgehead atoms. The van der Waals surface area contributed by atoms with E-state index in [1.165, 1.54) is 5.56 Å². The molecule has 1 aliphatic rings. The van der Waals surface area contributed by atoms with Gasteiger partial charge in [0.25, 0.3) is 0 Å². The summed E-state index contributed by atoms with van der Waals surface area (Å²) in [5, 5.41) is 14.1. The first kappa shape index (κ1) is 11.9. The third-order valence-corrected chi connectivity index (χ3v) is 3.62. The Bertz CT molecular complexity index is 567. The second-order valence-corrected chi connectivity index (χ2v) is 5.54. The highest BCUT2D eigenvalue weighted by atomic mass is 79.9. The highest BCUT2D eigenvalue weighted by Crippen LogP contribution is 2.16. The minimum absolute atomic E-state index is 0.280. The van der Waals surface area contributed by atoms with Crippen LogP contribution in [0.5, 0.6) is 0 Å². The third-order valence-electron chi connectivity index (χ3n) is 3.13. The molecule has 5 heteroatoms.